The van der Waals surface area contributed by atoms with Crippen molar-refractivity contribution in [2.24, 2.45) is 0 Å². The lowest BCUT2D eigenvalue weighted by atomic mass is 9.95. The number of benzene rings is 3. The lowest BCUT2D eigenvalue weighted by Gasteiger charge is -2.41. The molecule has 12 nitrogen and oxygen atoms in total. The van der Waals surface area contributed by atoms with Crippen LogP contribution in [0.1, 0.15) is 34.0 Å². The number of rotatable bonds is 7. The van der Waals surface area contributed by atoms with Gasteiger partial charge in [-0.2, -0.15) is 0 Å². The van der Waals surface area contributed by atoms with Gasteiger partial charge in [0.15, 0.2) is 11.9 Å². The molecule has 0 spiro atoms. The van der Waals surface area contributed by atoms with Crippen LogP contribution in [0.5, 0.6) is 28.7 Å². The highest BCUT2D eigenvalue weighted by Crippen LogP contribution is 2.42. The number of phenolic OH excluding ortho intramolecular Hbond substituents is 3. The summed E-state index contributed by atoms with van der Waals surface area (Å²) in [5.41, 5.74) is 1.12. The SMILES string of the molecule is O=C(/C=C/c1ccc(O)cc1)O[C@@H]1[C@H](Oc2cc(O)c3c(c2)O[C@H](c2ccc(O)cc2)CC3=O)O[C@@H](CO)[C@H](O)[C@H]1O. The molecule has 2 aliphatic heterocycles. The van der Waals surface area contributed by atoms with Crippen molar-refractivity contribution < 1.29 is 59.2 Å². The second-order valence-corrected chi connectivity index (χ2v) is 9.79. The lowest BCUT2D eigenvalue weighted by molar-refractivity contribution is -0.281. The Bertz CT molecular complexity index is 1470. The molecule has 2 aliphatic rings. The summed E-state index contributed by atoms with van der Waals surface area (Å²) in [5.74, 6) is -1.75. The summed E-state index contributed by atoms with van der Waals surface area (Å²) >= 11 is 0. The molecule has 0 aromatic heterocycles. The van der Waals surface area contributed by atoms with Gasteiger partial charge in [0.05, 0.1) is 13.0 Å². The number of carbonyl (C=O) groups is 2. The molecule has 0 aliphatic carbocycles. The summed E-state index contributed by atoms with van der Waals surface area (Å²) in [6.07, 6.45) is -6.09. The van der Waals surface area contributed by atoms with Crippen LogP contribution in [0.25, 0.3) is 6.08 Å². The fourth-order valence-electron chi connectivity index (χ4n) is 4.69. The van der Waals surface area contributed by atoms with Crippen LogP contribution in [0.3, 0.4) is 0 Å². The first kappa shape index (κ1) is 28.9. The molecule has 1 fully saturated rings. The normalized spacial score (nSPS) is 25.5. The Hall–Kier alpha value is -4.62. The number of hydrogen-bond acceptors (Lipinski definition) is 12. The van der Waals surface area contributed by atoms with Gasteiger partial charge in [-0.3, -0.25) is 4.79 Å². The number of aliphatic hydroxyl groups excluding tert-OH is 3. The minimum Gasteiger partial charge on any atom is -0.508 e. The number of hydrogen-bond donors (Lipinski definition) is 6. The van der Waals surface area contributed by atoms with Crippen LogP contribution < -0.4 is 9.47 Å². The number of aromatic hydroxyl groups is 3. The van der Waals surface area contributed by atoms with Crippen LogP contribution in [0.4, 0.5) is 0 Å². The van der Waals surface area contributed by atoms with E-state index in [2.05, 4.69) is 0 Å². The Labute approximate surface area is 239 Å². The van der Waals surface area contributed by atoms with E-state index in [1.807, 2.05) is 0 Å². The van der Waals surface area contributed by atoms with Crippen LogP contribution in [0, 0.1) is 0 Å². The molecule has 2 heterocycles. The smallest absolute Gasteiger partial charge is 0.331 e. The van der Waals surface area contributed by atoms with Crippen LogP contribution in [0.2, 0.25) is 0 Å². The van der Waals surface area contributed by atoms with E-state index >= 15 is 0 Å². The van der Waals surface area contributed by atoms with E-state index in [0.29, 0.717) is 11.1 Å². The molecular formula is C30H28O12. The van der Waals surface area contributed by atoms with Crippen molar-refractivity contribution >= 4 is 17.8 Å². The molecule has 6 N–H and O–H groups in total. The second-order valence-electron chi connectivity index (χ2n) is 9.79. The largest absolute Gasteiger partial charge is 0.508 e. The standard InChI is InChI=1S/C30H28O12/c31-14-24-27(37)28(38)29(42-25(36)10-3-15-1-6-17(32)7-2-15)30(41-24)39-19-11-20(34)26-21(35)13-22(40-23(26)12-19)16-4-8-18(33)9-5-16/h1-12,22,24,27-34,37-38H,13-14H2/b10-3+/t22-,24-,27-,28+,29-,30+/m0/s1. The third kappa shape index (κ3) is 6.16. The Morgan fingerprint density at radius 1 is 0.952 bits per heavy atom. The van der Waals surface area contributed by atoms with Crippen molar-refractivity contribution in [1.82, 2.24) is 0 Å². The van der Waals surface area contributed by atoms with Crippen molar-refractivity contribution in [2.45, 2.75) is 43.2 Å². The van der Waals surface area contributed by atoms with Gasteiger partial charge in [0.2, 0.25) is 6.29 Å². The number of carbonyl (C=O) groups excluding carboxylic acids is 2. The molecule has 0 radical (unpaired) electrons. The molecule has 0 unspecified atom stereocenters. The monoisotopic (exact) mass is 580 g/mol. The third-order valence-electron chi connectivity index (χ3n) is 6.87. The summed E-state index contributed by atoms with van der Waals surface area (Å²) in [6.45, 7) is -0.694. The van der Waals surface area contributed by atoms with Gasteiger partial charge in [0.1, 0.15) is 58.7 Å². The van der Waals surface area contributed by atoms with Gasteiger partial charge in [-0.25, -0.2) is 4.79 Å². The molecule has 5 rings (SSSR count). The molecule has 12 heteroatoms. The number of esters is 1. The van der Waals surface area contributed by atoms with Gasteiger partial charge in [-0.05, 0) is 41.5 Å². The average Bonchev–Trinajstić information content (AvgIpc) is 2.96. The van der Waals surface area contributed by atoms with E-state index in [4.69, 9.17) is 18.9 Å². The number of aliphatic hydroxyl groups is 3. The second kappa shape index (κ2) is 12.1. The van der Waals surface area contributed by atoms with Crippen LogP contribution >= 0.6 is 0 Å². The Morgan fingerprint density at radius 3 is 2.29 bits per heavy atom. The van der Waals surface area contributed by atoms with Crippen LogP contribution in [0.15, 0.2) is 66.7 Å². The molecule has 3 aromatic rings. The van der Waals surface area contributed by atoms with Crippen molar-refractivity contribution in [3.05, 3.63) is 83.4 Å². The van der Waals surface area contributed by atoms with Crippen molar-refractivity contribution in [2.75, 3.05) is 6.61 Å². The predicted molar refractivity (Wildman–Crippen MR) is 144 cm³/mol. The first-order chi connectivity index (χ1) is 20.1. The molecule has 0 bridgehead atoms. The number of ketones is 1. The molecule has 6 atom stereocenters. The van der Waals surface area contributed by atoms with E-state index in [-0.39, 0.29) is 35.0 Å². The third-order valence-corrected chi connectivity index (χ3v) is 6.87. The van der Waals surface area contributed by atoms with Crippen molar-refractivity contribution in [3.63, 3.8) is 0 Å². The zero-order valence-corrected chi connectivity index (χ0v) is 21.9. The molecular weight excluding hydrogens is 552 g/mol. The Kier molecular flexibility index (Phi) is 8.31. The highest BCUT2D eigenvalue weighted by atomic mass is 16.7. The minimum absolute atomic E-state index is 0.000184. The summed E-state index contributed by atoms with van der Waals surface area (Å²) in [7, 11) is 0. The van der Waals surface area contributed by atoms with E-state index in [1.165, 1.54) is 36.4 Å². The fourth-order valence-corrected chi connectivity index (χ4v) is 4.69. The van der Waals surface area contributed by atoms with Crippen molar-refractivity contribution in [1.29, 1.82) is 0 Å². The van der Waals surface area contributed by atoms with Gasteiger partial charge in [-0.15, -0.1) is 0 Å². The van der Waals surface area contributed by atoms with Gasteiger partial charge < -0.3 is 49.6 Å². The van der Waals surface area contributed by atoms with Gasteiger partial charge in [0.25, 0.3) is 0 Å². The van der Waals surface area contributed by atoms with Gasteiger partial charge in [0, 0.05) is 18.2 Å². The van der Waals surface area contributed by atoms with Gasteiger partial charge in [-0.1, -0.05) is 24.3 Å². The van der Waals surface area contributed by atoms with E-state index in [0.717, 1.165) is 12.1 Å². The summed E-state index contributed by atoms with van der Waals surface area (Å²) in [5, 5.41) is 60.4. The summed E-state index contributed by atoms with van der Waals surface area (Å²) < 4.78 is 22.7. The molecule has 220 valence electrons. The number of Topliss-reactive ketones (excluding diaryl/α,β-unsaturated/α-hetero) is 1. The van der Waals surface area contributed by atoms with E-state index in [1.54, 1.807) is 24.3 Å². The quantitative estimate of drug-likeness (QED) is 0.176. The molecule has 1 saturated heterocycles. The predicted octanol–water partition coefficient (Wildman–Crippen LogP) is 1.95. The van der Waals surface area contributed by atoms with Crippen LogP contribution in [-0.2, 0) is 14.3 Å². The highest BCUT2D eigenvalue weighted by molar-refractivity contribution is 6.02. The number of phenols is 3. The summed E-state index contributed by atoms with van der Waals surface area (Å²) in [6, 6.07) is 14.5. The molecule has 0 saturated carbocycles. The zero-order valence-electron chi connectivity index (χ0n) is 21.9. The molecule has 42 heavy (non-hydrogen) atoms. The van der Waals surface area contributed by atoms with Gasteiger partial charge >= 0.3 is 5.97 Å². The zero-order chi connectivity index (χ0) is 30.0. The average molecular weight is 581 g/mol. The Balaban J connectivity index is 1.38. The van der Waals surface area contributed by atoms with Crippen LogP contribution in [-0.4, -0.2) is 79.7 Å². The van der Waals surface area contributed by atoms with E-state index < -0.39 is 60.9 Å². The molecule has 0 amide bonds. The van der Waals surface area contributed by atoms with E-state index in [9.17, 15) is 40.2 Å². The topological polar surface area (TPSA) is 192 Å². The number of ether oxygens (including phenoxy) is 4. The molecule has 3 aromatic carbocycles. The maximum absolute atomic E-state index is 12.9. The Morgan fingerprint density at radius 2 is 1.62 bits per heavy atom. The highest BCUT2D eigenvalue weighted by Gasteiger charge is 2.48. The maximum Gasteiger partial charge on any atom is 0.331 e. The first-order valence-corrected chi connectivity index (χ1v) is 13.0. The minimum atomic E-state index is -1.73. The first-order valence-electron chi connectivity index (χ1n) is 13.0. The summed E-state index contributed by atoms with van der Waals surface area (Å²) in [4.78, 5) is 25.5. The fraction of sp³-hybridized carbons (Fsp3) is 0.267. The lowest BCUT2D eigenvalue weighted by Crippen LogP contribution is -2.61. The van der Waals surface area contributed by atoms with Crippen molar-refractivity contribution in [3.8, 4) is 28.7 Å². The maximum atomic E-state index is 12.9. The number of fused-ring (bicyclic) bond motifs is 1.